The molecule has 0 aromatic heterocycles. The summed E-state index contributed by atoms with van der Waals surface area (Å²) in [5.41, 5.74) is 1.87. The van der Waals surface area contributed by atoms with Crippen molar-refractivity contribution in [1.29, 1.82) is 0 Å². The maximum absolute atomic E-state index is 9.65. The summed E-state index contributed by atoms with van der Waals surface area (Å²) in [7, 11) is 2.00. The van der Waals surface area contributed by atoms with Crippen LogP contribution in [0.2, 0.25) is 0 Å². The molecule has 0 radical (unpaired) electrons. The van der Waals surface area contributed by atoms with Crippen LogP contribution >= 0.6 is 0 Å². The lowest BCUT2D eigenvalue weighted by Crippen LogP contribution is -2.14. The SMILES string of the molecule is CN1CC1CN[O-]. The van der Waals surface area contributed by atoms with Gasteiger partial charge in [0.2, 0.25) is 0 Å². The van der Waals surface area contributed by atoms with E-state index in [1.807, 2.05) is 12.5 Å². The highest BCUT2D eigenvalue weighted by atomic mass is 16.5. The lowest BCUT2D eigenvalue weighted by atomic mass is 10.5. The molecule has 1 heterocycles. The zero-order valence-corrected chi connectivity index (χ0v) is 4.35. The second kappa shape index (κ2) is 1.78. The van der Waals surface area contributed by atoms with Gasteiger partial charge in [-0.1, -0.05) is 0 Å². The molecular formula is C4H9N2O-. The molecule has 0 bridgehead atoms. The third-order valence-corrected chi connectivity index (χ3v) is 1.31. The number of likely N-dealkylation sites (N-methyl/N-ethyl adjacent to an activating group) is 1. The first-order valence-electron chi connectivity index (χ1n) is 2.40. The van der Waals surface area contributed by atoms with E-state index in [9.17, 15) is 5.21 Å². The monoisotopic (exact) mass is 101 g/mol. The fourth-order valence-corrected chi connectivity index (χ4v) is 0.602. The number of hydrogen-bond acceptors (Lipinski definition) is 3. The van der Waals surface area contributed by atoms with Crippen LogP contribution in [0, 0.1) is 5.21 Å². The standard InChI is InChI=1S/C4H9N2O/c1-6-3-4(6)2-5-7/h4-5H,2-3H2,1H3/q-1. The first-order chi connectivity index (χ1) is 3.34. The first-order valence-corrected chi connectivity index (χ1v) is 2.40. The van der Waals surface area contributed by atoms with Crippen molar-refractivity contribution in [1.82, 2.24) is 10.4 Å². The molecule has 0 aromatic rings. The number of rotatable bonds is 2. The van der Waals surface area contributed by atoms with Gasteiger partial charge >= 0.3 is 0 Å². The van der Waals surface area contributed by atoms with Gasteiger partial charge in [-0.2, -0.15) is 0 Å². The highest BCUT2D eigenvalue weighted by molar-refractivity contribution is 4.87. The molecule has 1 aliphatic heterocycles. The van der Waals surface area contributed by atoms with Gasteiger partial charge in [-0.15, -0.1) is 0 Å². The molecule has 0 amide bonds. The quantitative estimate of drug-likeness (QED) is 0.372. The number of hydroxylamine groups is 1. The lowest BCUT2D eigenvalue weighted by Gasteiger charge is -2.03. The van der Waals surface area contributed by atoms with Crippen molar-refractivity contribution in [3.05, 3.63) is 5.21 Å². The van der Waals surface area contributed by atoms with Crippen molar-refractivity contribution in [3.8, 4) is 0 Å². The molecule has 2 unspecified atom stereocenters. The smallest absolute Gasteiger partial charge is 0.0336 e. The minimum atomic E-state index is 0.525. The Labute approximate surface area is 42.9 Å². The van der Waals surface area contributed by atoms with Crippen molar-refractivity contribution in [2.75, 3.05) is 20.1 Å². The van der Waals surface area contributed by atoms with Crippen LogP contribution in [0.1, 0.15) is 0 Å². The van der Waals surface area contributed by atoms with E-state index >= 15 is 0 Å². The van der Waals surface area contributed by atoms with Gasteiger partial charge in [0.25, 0.3) is 0 Å². The summed E-state index contributed by atoms with van der Waals surface area (Å²) in [5, 5.41) is 9.65. The van der Waals surface area contributed by atoms with E-state index in [2.05, 4.69) is 4.90 Å². The van der Waals surface area contributed by atoms with E-state index in [0.717, 1.165) is 6.54 Å². The fourth-order valence-electron chi connectivity index (χ4n) is 0.602. The van der Waals surface area contributed by atoms with Crippen molar-refractivity contribution in [2.45, 2.75) is 6.04 Å². The Kier molecular flexibility index (Phi) is 1.27. The Morgan fingerprint density at radius 2 is 2.57 bits per heavy atom. The lowest BCUT2D eigenvalue weighted by molar-refractivity contribution is 0.599. The average Bonchev–Trinajstić information content (AvgIpc) is 2.22. The van der Waals surface area contributed by atoms with E-state index in [4.69, 9.17) is 0 Å². The molecule has 0 aliphatic carbocycles. The van der Waals surface area contributed by atoms with Gasteiger partial charge in [-0.25, -0.2) is 0 Å². The highest BCUT2D eigenvalue weighted by Crippen LogP contribution is 2.10. The second-order valence-corrected chi connectivity index (χ2v) is 1.94. The molecule has 1 rings (SSSR count). The molecule has 3 heteroatoms. The molecule has 0 spiro atoms. The highest BCUT2D eigenvalue weighted by Gasteiger charge is 2.27. The molecule has 0 aromatic carbocycles. The molecule has 2 atom stereocenters. The summed E-state index contributed by atoms with van der Waals surface area (Å²) in [6.45, 7) is 1.67. The van der Waals surface area contributed by atoms with Gasteiger partial charge in [-0.05, 0) is 7.05 Å². The third kappa shape index (κ3) is 1.12. The van der Waals surface area contributed by atoms with Crippen LogP contribution < -0.4 is 5.48 Å². The van der Waals surface area contributed by atoms with Crippen LogP contribution in [0.3, 0.4) is 0 Å². The molecule has 0 saturated carbocycles. The van der Waals surface area contributed by atoms with Gasteiger partial charge < -0.3 is 10.7 Å². The minimum Gasteiger partial charge on any atom is -0.788 e. The predicted molar refractivity (Wildman–Crippen MR) is 27.8 cm³/mol. The minimum absolute atomic E-state index is 0.525. The molecule has 1 aliphatic rings. The Bertz CT molecular complexity index is 66.7. The Hall–Kier alpha value is -0.120. The molecular weight excluding hydrogens is 92.1 g/mol. The van der Waals surface area contributed by atoms with Gasteiger partial charge in [0, 0.05) is 19.1 Å². The maximum Gasteiger partial charge on any atom is 0.0336 e. The third-order valence-electron chi connectivity index (χ3n) is 1.31. The summed E-state index contributed by atoms with van der Waals surface area (Å²) in [5.74, 6) is 0. The normalized spacial score (nSPS) is 38.6. The molecule has 1 fully saturated rings. The van der Waals surface area contributed by atoms with Crippen LogP contribution in [0.5, 0.6) is 0 Å². The zero-order chi connectivity index (χ0) is 5.28. The van der Waals surface area contributed by atoms with Crippen molar-refractivity contribution >= 4 is 0 Å². The van der Waals surface area contributed by atoms with Gasteiger partial charge in [0.15, 0.2) is 0 Å². The Morgan fingerprint density at radius 3 is 2.71 bits per heavy atom. The Balaban J connectivity index is 1.98. The zero-order valence-electron chi connectivity index (χ0n) is 4.35. The van der Waals surface area contributed by atoms with Crippen molar-refractivity contribution in [3.63, 3.8) is 0 Å². The largest absolute Gasteiger partial charge is 0.788 e. The summed E-state index contributed by atoms with van der Waals surface area (Å²) in [4.78, 5) is 2.12. The topological polar surface area (TPSA) is 38.1 Å². The van der Waals surface area contributed by atoms with Crippen LogP contribution in [0.15, 0.2) is 0 Å². The van der Waals surface area contributed by atoms with E-state index < -0.39 is 0 Å². The van der Waals surface area contributed by atoms with E-state index in [1.54, 1.807) is 0 Å². The van der Waals surface area contributed by atoms with Gasteiger partial charge in [-0.3, -0.25) is 4.90 Å². The van der Waals surface area contributed by atoms with Crippen molar-refractivity contribution < 1.29 is 0 Å². The molecule has 1 saturated heterocycles. The molecule has 1 N–H and O–H groups in total. The molecule has 7 heavy (non-hydrogen) atoms. The van der Waals surface area contributed by atoms with Crippen LogP contribution in [-0.2, 0) is 0 Å². The first kappa shape index (κ1) is 5.03. The van der Waals surface area contributed by atoms with Crippen LogP contribution in [-0.4, -0.2) is 31.1 Å². The van der Waals surface area contributed by atoms with Gasteiger partial charge in [0.05, 0.1) is 0 Å². The number of nitrogens with one attached hydrogen (secondary N) is 1. The fraction of sp³-hybridized carbons (Fsp3) is 1.00. The molecule has 3 nitrogen and oxygen atoms in total. The number of hydrogen-bond donors (Lipinski definition) is 1. The molecule has 42 valence electrons. The van der Waals surface area contributed by atoms with E-state index in [1.165, 1.54) is 0 Å². The summed E-state index contributed by atoms with van der Waals surface area (Å²) >= 11 is 0. The van der Waals surface area contributed by atoms with Gasteiger partial charge in [0.1, 0.15) is 0 Å². The van der Waals surface area contributed by atoms with Crippen LogP contribution in [0.4, 0.5) is 0 Å². The van der Waals surface area contributed by atoms with E-state index in [0.29, 0.717) is 12.6 Å². The van der Waals surface area contributed by atoms with E-state index in [-0.39, 0.29) is 0 Å². The predicted octanol–water partition coefficient (Wildman–Crippen LogP) is -0.612. The summed E-state index contributed by atoms with van der Waals surface area (Å²) in [6.07, 6.45) is 0. The maximum atomic E-state index is 9.65. The second-order valence-electron chi connectivity index (χ2n) is 1.94. The van der Waals surface area contributed by atoms with Crippen LogP contribution in [0.25, 0.3) is 0 Å². The summed E-state index contributed by atoms with van der Waals surface area (Å²) in [6, 6.07) is 0.525. The Morgan fingerprint density at radius 1 is 2.00 bits per heavy atom. The number of nitrogens with zero attached hydrogens (tertiary/aromatic N) is 1. The summed E-state index contributed by atoms with van der Waals surface area (Å²) < 4.78 is 0. The average molecular weight is 101 g/mol. The van der Waals surface area contributed by atoms with Crippen molar-refractivity contribution in [2.24, 2.45) is 0 Å².